The van der Waals surface area contributed by atoms with Gasteiger partial charge in [-0.05, 0) is 28.1 Å². The van der Waals surface area contributed by atoms with Gasteiger partial charge >= 0.3 is 0 Å². The number of nitrogens with two attached hydrogens (primary N) is 1. The Morgan fingerprint density at radius 1 is 1.64 bits per heavy atom. The SMILES string of the molecule is N/C(CNc1cccc(Cl)c1Br)=N/O. The van der Waals surface area contributed by atoms with Crippen LogP contribution in [0.4, 0.5) is 5.69 Å². The van der Waals surface area contributed by atoms with Gasteiger partial charge in [0.25, 0.3) is 0 Å². The predicted octanol–water partition coefficient (Wildman–Crippen LogP) is 2.26. The molecule has 1 aromatic carbocycles. The minimum Gasteiger partial charge on any atom is -0.409 e. The first-order chi connectivity index (χ1) is 6.65. The molecule has 0 fully saturated rings. The number of oxime groups is 1. The van der Waals surface area contributed by atoms with Crippen LogP contribution in [-0.2, 0) is 0 Å². The first kappa shape index (κ1) is 11.1. The van der Waals surface area contributed by atoms with Gasteiger partial charge in [0.15, 0.2) is 5.84 Å². The number of halogens is 2. The Labute approximate surface area is 94.9 Å². The second kappa shape index (κ2) is 5.07. The summed E-state index contributed by atoms with van der Waals surface area (Å²) < 4.78 is 0.757. The molecule has 0 saturated carbocycles. The lowest BCUT2D eigenvalue weighted by Crippen LogP contribution is -2.22. The molecule has 0 amide bonds. The van der Waals surface area contributed by atoms with Crippen LogP contribution in [0.25, 0.3) is 0 Å². The van der Waals surface area contributed by atoms with Crippen molar-refractivity contribution in [3.05, 3.63) is 27.7 Å². The highest BCUT2D eigenvalue weighted by atomic mass is 79.9. The van der Waals surface area contributed by atoms with Gasteiger partial charge in [0.1, 0.15) is 0 Å². The molecule has 0 aliphatic rings. The third-order valence-corrected chi connectivity index (χ3v) is 2.94. The highest BCUT2D eigenvalue weighted by Gasteiger charge is 2.03. The Morgan fingerprint density at radius 3 is 3.00 bits per heavy atom. The smallest absolute Gasteiger partial charge is 0.158 e. The lowest BCUT2D eigenvalue weighted by Gasteiger charge is -2.07. The van der Waals surface area contributed by atoms with E-state index >= 15 is 0 Å². The summed E-state index contributed by atoms with van der Waals surface area (Å²) in [6.45, 7) is 0.259. The Morgan fingerprint density at radius 2 is 2.36 bits per heavy atom. The monoisotopic (exact) mass is 277 g/mol. The summed E-state index contributed by atoms with van der Waals surface area (Å²) in [7, 11) is 0. The zero-order chi connectivity index (χ0) is 10.6. The minimum absolute atomic E-state index is 0.108. The van der Waals surface area contributed by atoms with E-state index in [-0.39, 0.29) is 12.4 Å². The molecule has 76 valence electrons. The summed E-state index contributed by atoms with van der Waals surface area (Å²) in [5, 5.41) is 14.7. The predicted molar refractivity (Wildman–Crippen MR) is 61.1 cm³/mol. The van der Waals surface area contributed by atoms with E-state index in [0.29, 0.717) is 5.02 Å². The Balaban J connectivity index is 2.73. The van der Waals surface area contributed by atoms with Crippen LogP contribution in [0.3, 0.4) is 0 Å². The average Bonchev–Trinajstić information content (AvgIpc) is 2.20. The Kier molecular flexibility index (Phi) is 4.03. The summed E-state index contributed by atoms with van der Waals surface area (Å²) >= 11 is 9.18. The van der Waals surface area contributed by atoms with Crippen LogP contribution < -0.4 is 11.1 Å². The van der Waals surface area contributed by atoms with Gasteiger partial charge < -0.3 is 16.3 Å². The quantitative estimate of drug-likeness (QED) is 0.344. The van der Waals surface area contributed by atoms with Crippen LogP contribution >= 0.6 is 27.5 Å². The lowest BCUT2D eigenvalue weighted by atomic mass is 10.3. The molecule has 0 aliphatic carbocycles. The van der Waals surface area contributed by atoms with Crippen LogP contribution in [0, 0.1) is 0 Å². The summed E-state index contributed by atoms with van der Waals surface area (Å²) in [6.07, 6.45) is 0. The molecule has 0 unspecified atom stereocenters. The topological polar surface area (TPSA) is 70.6 Å². The van der Waals surface area contributed by atoms with Crippen molar-refractivity contribution in [3.8, 4) is 0 Å². The zero-order valence-electron chi connectivity index (χ0n) is 7.17. The highest BCUT2D eigenvalue weighted by molar-refractivity contribution is 9.10. The second-order valence-electron chi connectivity index (χ2n) is 2.55. The van der Waals surface area contributed by atoms with Crippen molar-refractivity contribution in [2.24, 2.45) is 10.9 Å². The van der Waals surface area contributed by atoms with E-state index in [0.717, 1.165) is 10.2 Å². The van der Waals surface area contributed by atoms with Gasteiger partial charge in [0, 0.05) is 0 Å². The number of benzene rings is 1. The molecule has 0 radical (unpaired) electrons. The molecule has 0 aliphatic heterocycles. The third-order valence-electron chi connectivity index (χ3n) is 1.54. The van der Waals surface area contributed by atoms with E-state index in [2.05, 4.69) is 26.4 Å². The number of anilines is 1. The Hall–Kier alpha value is -0.940. The van der Waals surface area contributed by atoms with Gasteiger partial charge in [-0.1, -0.05) is 22.8 Å². The van der Waals surface area contributed by atoms with Gasteiger partial charge in [0.05, 0.1) is 21.7 Å². The summed E-state index contributed by atoms with van der Waals surface area (Å²) in [4.78, 5) is 0. The van der Waals surface area contributed by atoms with E-state index in [1.54, 1.807) is 6.07 Å². The molecule has 0 aromatic heterocycles. The van der Waals surface area contributed by atoms with Crippen molar-refractivity contribution in [3.63, 3.8) is 0 Å². The molecular formula is C8H9BrClN3O. The molecule has 6 heteroatoms. The lowest BCUT2D eigenvalue weighted by molar-refractivity contribution is 0.317. The van der Waals surface area contributed by atoms with Crippen LogP contribution in [0.2, 0.25) is 5.02 Å². The average molecular weight is 279 g/mol. The minimum atomic E-state index is 0.108. The van der Waals surface area contributed by atoms with Gasteiger partial charge in [0.2, 0.25) is 0 Å². The summed E-state index contributed by atoms with van der Waals surface area (Å²) in [5.41, 5.74) is 6.09. The first-order valence-corrected chi connectivity index (χ1v) is 4.96. The van der Waals surface area contributed by atoms with Crippen molar-refractivity contribution >= 4 is 39.1 Å². The Bertz CT molecular complexity index is 356. The van der Waals surface area contributed by atoms with Crippen molar-refractivity contribution in [1.29, 1.82) is 0 Å². The maximum absolute atomic E-state index is 8.32. The van der Waals surface area contributed by atoms with E-state index in [9.17, 15) is 0 Å². The van der Waals surface area contributed by atoms with Crippen LogP contribution in [-0.4, -0.2) is 17.6 Å². The molecule has 0 spiro atoms. The number of nitrogens with zero attached hydrogens (tertiary/aromatic N) is 1. The number of amidine groups is 1. The van der Waals surface area contributed by atoms with E-state index < -0.39 is 0 Å². The molecular weight excluding hydrogens is 269 g/mol. The van der Waals surface area contributed by atoms with Crippen LogP contribution in [0.1, 0.15) is 0 Å². The largest absolute Gasteiger partial charge is 0.409 e. The van der Waals surface area contributed by atoms with Crippen LogP contribution in [0.15, 0.2) is 27.8 Å². The van der Waals surface area contributed by atoms with Gasteiger partial charge in [-0.2, -0.15) is 0 Å². The molecule has 1 aromatic rings. The van der Waals surface area contributed by atoms with Crippen LogP contribution in [0.5, 0.6) is 0 Å². The molecule has 0 bridgehead atoms. The number of nitrogens with one attached hydrogen (secondary N) is 1. The molecule has 4 nitrogen and oxygen atoms in total. The second-order valence-corrected chi connectivity index (χ2v) is 3.75. The van der Waals surface area contributed by atoms with E-state index in [4.69, 9.17) is 22.5 Å². The van der Waals surface area contributed by atoms with Gasteiger partial charge in [-0.15, -0.1) is 0 Å². The first-order valence-electron chi connectivity index (χ1n) is 3.79. The summed E-state index contributed by atoms with van der Waals surface area (Å²) in [6, 6.07) is 5.41. The molecule has 14 heavy (non-hydrogen) atoms. The van der Waals surface area contributed by atoms with Crippen molar-refractivity contribution in [1.82, 2.24) is 0 Å². The molecule has 4 N–H and O–H groups in total. The molecule has 0 saturated heterocycles. The normalized spacial score (nSPS) is 11.4. The fraction of sp³-hybridized carbons (Fsp3) is 0.125. The van der Waals surface area contributed by atoms with Gasteiger partial charge in [-0.3, -0.25) is 0 Å². The molecule has 0 heterocycles. The van der Waals surface area contributed by atoms with Gasteiger partial charge in [-0.25, -0.2) is 0 Å². The number of hydrogen-bond donors (Lipinski definition) is 3. The number of hydrogen-bond acceptors (Lipinski definition) is 3. The molecule has 1 rings (SSSR count). The van der Waals surface area contributed by atoms with E-state index in [1.165, 1.54) is 0 Å². The standard InChI is InChI=1S/C8H9BrClN3O/c9-8-5(10)2-1-3-6(8)12-4-7(11)13-14/h1-3,12,14H,4H2,(H2,11,13). The molecule has 0 atom stereocenters. The third kappa shape index (κ3) is 2.78. The van der Waals surface area contributed by atoms with Crippen molar-refractivity contribution < 1.29 is 5.21 Å². The fourth-order valence-electron chi connectivity index (χ4n) is 0.861. The highest BCUT2D eigenvalue weighted by Crippen LogP contribution is 2.29. The number of rotatable bonds is 3. The van der Waals surface area contributed by atoms with E-state index in [1.807, 2.05) is 12.1 Å². The fourth-order valence-corrected chi connectivity index (χ4v) is 1.44. The zero-order valence-corrected chi connectivity index (χ0v) is 9.51. The summed E-state index contributed by atoms with van der Waals surface area (Å²) in [5.74, 6) is 0.108. The van der Waals surface area contributed by atoms with Crippen molar-refractivity contribution in [2.75, 3.05) is 11.9 Å². The maximum atomic E-state index is 8.32. The van der Waals surface area contributed by atoms with Crippen molar-refractivity contribution in [2.45, 2.75) is 0 Å². The maximum Gasteiger partial charge on any atom is 0.158 e.